The summed E-state index contributed by atoms with van der Waals surface area (Å²) in [5, 5.41) is 15.3. The van der Waals surface area contributed by atoms with Crippen molar-refractivity contribution in [1.29, 1.82) is 0 Å². The van der Waals surface area contributed by atoms with Crippen LogP contribution in [-0.4, -0.2) is 47.7 Å². The van der Waals surface area contributed by atoms with Crippen LogP contribution >= 0.6 is 11.3 Å². The highest BCUT2D eigenvalue weighted by Gasteiger charge is 2.26. The first-order valence-electron chi connectivity index (χ1n) is 9.24. The van der Waals surface area contributed by atoms with Crippen LogP contribution in [0.4, 0.5) is 5.69 Å². The number of thiophene rings is 1. The van der Waals surface area contributed by atoms with Crippen molar-refractivity contribution in [2.75, 3.05) is 32.1 Å². The van der Waals surface area contributed by atoms with E-state index in [1.54, 1.807) is 18.4 Å². The lowest BCUT2D eigenvalue weighted by Crippen LogP contribution is -2.38. The van der Waals surface area contributed by atoms with Crippen LogP contribution in [0.15, 0.2) is 45.5 Å². The minimum Gasteiger partial charge on any atom is -0.495 e. The number of methoxy groups -OCH3 is 1. The van der Waals surface area contributed by atoms with E-state index >= 15 is 0 Å². The number of nitrogens with one attached hydrogen (secondary N) is 1. The number of carbonyl (C=O) groups excluding carboxylic acids is 1. The van der Waals surface area contributed by atoms with Crippen LogP contribution in [0.1, 0.15) is 24.7 Å². The molecule has 7 nitrogen and oxygen atoms in total. The molecule has 1 saturated heterocycles. The molecule has 28 heavy (non-hydrogen) atoms. The smallest absolute Gasteiger partial charge is 0.248 e. The maximum atomic E-state index is 12.4. The molecule has 2 aromatic heterocycles. The Hall–Kier alpha value is -2.71. The molecule has 0 aliphatic carbocycles. The number of piperidine rings is 1. The Labute approximate surface area is 167 Å². The predicted molar refractivity (Wildman–Crippen MR) is 108 cm³/mol. The molecule has 0 bridgehead atoms. The Balaban J connectivity index is 1.29. The molecule has 1 N–H and O–H groups in total. The predicted octanol–water partition coefficient (Wildman–Crippen LogP) is 3.62. The molecule has 4 rings (SSSR count). The van der Waals surface area contributed by atoms with Crippen molar-refractivity contribution < 1.29 is 13.9 Å². The lowest BCUT2D eigenvalue weighted by molar-refractivity contribution is -0.117. The van der Waals surface area contributed by atoms with Crippen molar-refractivity contribution in [2.45, 2.75) is 18.8 Å². The van der Waals surface area contributed by atoms with Gasteiger partial charge in [-0.3, -0.25) is 9.69 Å². The van der Waals surface area contributed by atoms with Crippen molar-refractivity contribution in [3.63, 3.8) is 0 Å². The molecule has 0 radical (unpaired) electrons. The summed E-state index contributed by atoms with van der Waals surface area (Å²) >= 11 is 1.61. The van der Waals surface area contributed by atoms with E-state index in [9.17, 15) is 4.79 Å². The maximum Gasteiger partial charge on any atom is 0.248 e. The number of anilines is 1. The number of benzene rings is 1. The van der Waals surface area contributed by atoms with E-state index in [4.69, 9.17) is 9.15 Å². The zero-order valence-electron chi connectivity index (χ0n) is 15.6. The second-order valence-electron chi connectivity index (χ2n) is 6.76. The number of carbonyl (C=O) groups is 1. The Kier molecular flexibility index (Phi) is 5.68. The largest absolute Gasteiger partial charge is 0.495 e. The molecule has 8 heteroatoms. The van der Waals surface area contributed by atoms with Crippen molar-refractivity contribution >= 4 is 22.9 Å². The van der Waals surface area contributed by atoms with E-state index in [0.29, 0.717) is 29.8 Å². The van der Waals surface area contributed by atoms with Crippen molar-refractivity contribution in [1.82, 2.24) is 15.1 Å². The van der Waals surface area contributed by atoms with Crippen LogP contribution in [0.5, 0.6) is 5.75 Å². The van der Waals surface area contributed by atoms with E-state index < -0.39 is 0 Å². The molecule has 1 aromatic carbocycles. The highest BCUT2D eigenvalue weighted by atomic mass is 32.1. The zero-order valence-corrected chi connectivity index (χ0v) is 16.4. The molecular weight excluding hydrogens is 376 g/mol. The standard InChI is InChI=1S/C20H22N4O3S/c1-26-17-5-3-2-4-16(17)21-18(25)12-24-9-6-14(7-10-24)19-22-23-20(27-19)15-8-11-28-13-15/h2-5,8,11,13-14H,6-7,9-10,12H2,1H3,(H,21,25). The molecule has 0 atom stereocenters. The van der Waals surface area contributed by atoms with Crippen LogP contribution in [0, 0.1) is 0 Å². The molecule has 0 spiro atoms. The molecule has 1 aliphatic heterocycles. The van der Waals surface area contributed by atoms with Gasteiger partial charge in [-0.15, -0.1) is 10.2 Å². The van der Waals surface area contributed by atoms with Crippen LogP contribution in [0.3, 0.4) is 0 Å². The van der Waals surface area contributed by atoms with E-state index in [1.807, 2.05) is 41.1 Å². The minimum absolute atomic E-state index is 0.0412. The average Bonchev–Trinajstić information content (AvgIpc) is 3.41. The molecule has 3 heterocycles. The number of hydrogen-bond acceptors (Lipinski definition) is 7. The third-order valence-corrected chi connectivity index (χ3v) is 5.58. The van der Waals surface area contributed by atoms with Gasteiger partial charge in [0, 0.05) is 16.9 Å². The molecule has 1 fully saturated rings. The van der Waals surface area contributed by atoms with Gasteiger partial charge < -0.3 is 14.5 Å². The lowest BCUT2D eigenvalue weighted by atomic mass is 9.97. The van der Waals surface area contributed by atoms with Crippen LogP contribution < -0.4 is 10.1 Å². The van der Waals surface area contributed by atoms with Crippen LogP contribution in [-0.2, 0) is 4.79 Å². The van der Waals surface area contributed by atoms with Crippen LogP contribution in [0.2, 0.25) is 0 Å². The summed E-state index contributed by atoms with van der Waals surface area (Å²) in [6.07, 6.45) is 1.79. The SMILES string of the molecule is COc1ccccc1NC(=O)CN1CCC(c2nnc(-c3ccsc3)o2)CC1. The average molecular weight is 398 g/mol. The number of hydrogen-bond donors (Lipinski definition) is 1. The summed E-state index contributed by atoms with van der Waals surface area (Å²) in [5.74, 6) is 2.13. The van der Waals surface area contributed by atoms with Gasteiger partial charge in [-0.25, -0.2) is 0 Å². The Morgan fingerprint density at radius 1 is 1.29 bits per heavy atom. The van der Waals surface area contributed by atoms with Gasteiger partial charge in [0.15, 0.2) is 0 Å². The van der Waals surface area contributed by atoms with Gasteiger partial charge in [-0.1, -0.05) is 12.1 Å². The number of rotatable bonds is 6. The summed E-state index contributed by atoms with van der Waals surface area (Å²) in [4.78, 5) is 14.5. The first-order valence-corrected chi connectivity index (χ1v) is 10.2. The summed E-state index contributed by atoms with van der Waals surface area (Å²) < 4.78 is 11.1. The number of aromatic nitrogens is 2. The van der Waals surface area contributed by atoms with Gasteiger partial charge in [0.2, 0.25) is 17.7 Å². The maximum absolute atomic E-state index is 12.4. The lowest BCUT2D eigenvalue weighted by Gasteiger charge is -2.29. The number of amides is 1. The topological polar surface area (TPSA) is 80.5 Å². The zero-order chi connectivity index (χ0) is 19.3. The molecule has 1 aliphatic rings. The normalized spacial score (nSPS) is 15.5. The van der Waals surface area contributed by atoms with E-state index in [2.05, 4.69) is 20.4 Å². The molecule has 1 amide bonds. The third kappa shape index (κ3) is 4.23. The van der Waals surface area contributed by atoms with Gasteiger partial charge in [0.1, 0.15) is 5.75 Å². The van der Waals surface area contributed by atoms with Crippen molar-refractivity contribution in [3.05, 3.63) is 47.0 Å². The first kappa shape index (κ1) is 18.6. The molecule has 3 aromatic rings. The number of para-hydroxylation sites is 2. The Bertz CT molecular complexity index is 917. The van der Waals surface area contributed by atoms with Gasteiger partial charge in [-0.05, 0) is 49.5 Å². The molecule has 146 valence electrons. The van der Waals surface area contributed by atoms with E-state index in [-0.39, 0.29) is 11.8 Å². The monoisotopic (exact) mass is 398 g/mol. The number of nitrogens with zero attached hydrogens (tertiary/aromatic N) is 3. The third-order valence-electron chi connectivity index (χ3n) is 4.89. The summed E-state index contributed by atoms with van der Waals surface area (Å²) in [6.45, 7) is 2.00. The molecular formula is C20H22N4O3S. The van der Waals surface area contributed by atoms with Gasteiger partial charge in [0.05, 0.1) is 19.3 Å². The molecule has 0 unspecified atom stereocenters. The number of likely N-dealkylation sites (tertiary alicyclic amines) is 1. The quantitative estimate of drug-likeness (QED) is 0.683. The van der Waals surface area contributed by atoms with Gasteiger partial charge >= 0.3 is 0 Å². The Morgan fingerprint density at radius 3 is 2.86 bits per heavy atom. The van der Waals surface area contributed by atoms with Crippen molar-refractivity contribution in [2.24, 2.45) is 0 Å². The van der Waals surface area contributed by atoms with Crippen molar-refractivity contribution in [3.8, 4) is 17.2 Å². The fourth-order valence-corrected chi connectivity index (χ4v) is 4.01. The summed E-state index contributed by atoms with van der Waals surface area (Å²) in [7, 11) is 1.59. The fourth-order valence-electron chi connectivity index (χ4n) is 3.38. The first-order chi connectivity index (χ1) is 13.7. The summed E-state index contributed by atoms with van der Waals surface area (Å²) in [6, 6.07) is 9.39. The Morgan fingerprint density at radius 2 is 2.11 bits per heavy atom. The highest BCUT2D eigenvalue weighted by molar-refractivity contribution is 7.08. The second kappa shape index (κ2) is 8.53. The van der Waals surface area contributed by atoms with Gasteiger partial charge in [-0.2, -0.15) is 11.3 Å². The van der Waals surface area contributed by atoms with E-state index in [1.165, 1.54) is 0 Å². The number of ether oxygens (including phenoxy) is 1. The highest BCUT2D eigenvalue weighted by Crippen LogP contribution is 2.30. The summed E-state index contributed by atoms with van der Waals surface area (Å²) in [5.41, 5.74) is 1.66. The van der Waals surface area contributed by atoms with Crippen LogP contribution in [0.25, 0.3) is 11.5 Å². The molecule has 0 saturated carbocycles. The van der Waals surface area contributed by atoms with E-state index in [0.717, 1.165) is 31.5 Å². The van der Waals surface area contributed by atoms with Gasteiger partial charge in [0.25, 0.3) is 0 Å². The minimum atomic E-state index is -0.0412. The fraction of sp³-hybridized carbons (Fsp3) is 0.350. The second-order valence-corrected chi connectivity index (χ2v) is 7.54.